The van der Waals surface area contributed by atoms with Gasteiger partial charge in [-0.3, -0.25) is 5.01 Å². The molecule has 2 aliphatic heterocycles. The number of fused-ring (bicyclic) bond motifs is 3. The molecule has 3 rings (SSSR count). The standard InChI is InChI=1S/C12H11N5O/c18-8-2-7-17-12-10(14-16-17)5-4-9-3-1-6-13-15-11(9)12/h1-6,8,16,18H,7H2. The summed E-state index contributed by atoms with van der Waals surface area (Å²) in [4.78, 5) is 0. The molecule has 0 saturated heterocycles. The molecule has 1 aromatic rings. The fourth-order valence-corrected chi connectivity index (χ4v) is 1.91. The van der Waals surface area contributed by atoms with E-state index in [1.807, 2.05) is 24.3 Å². The SMILES string of the molecule is OC=CCN1NN=c2ccc3c(c21)N=NC=CC=3. The molecule has 0 fully saturated rings. The van der Waals surface area contributed by atoms with Crippen LogP contribution in [0.2, 0.25) is 0 Å². The second-order valence-corrected chi connectivity index (χ2v) is 3.80. The third-order valence-corrected chi connectivity index (χ3v) is 2.70. The number of anilines is 1. The Balaban J connectivity index is 2.16. The molecule has 0 bridgehead atoms. The Morgan fingerprint density at radius 2 is 2.33 bits per heavy atom. The molecule has 0 radical (unpaired) electrons. The minimum absolute atomic E-state index is 0.492. The zero-order valence-electron chi connectivity index (χ0n) is 9.48. The number of benzene rings is 1. The first-order chi connectivity index (χ1) is 8.90. The molecule has 0 aliphatic carbocycles. The molecule has 0 unspecified atom stereocenters. The van der Waals surface area contributed by atoms with Crippen LogP contribution in [0.1, 0.15) is 0 Å². The van der Waals surface area contributed by atoms with Crippen molar-refractivity contribution in [1.29, 1.82) is 0 Å². The third-order valence-electron chi connectivity index (χ3n) is 2.70. The van der Waals surface area contributed by atoms with Crippen molar-refractivity contribution in [1.82, 2.24) is 5.53 Å². The summed E-state index contributed by atoms with van der Waals surface area (Å²) in [5, 5.41) is 24.7. The molecule has 18 heavy (non-hydrogen) atoms. The van der Waals surface area contributed by atoms with Crippen LogP contribution in [-0.2, 0) is 0 Å². The molecule has 2 heterocycles. The summed E-state index contributed by atoms with van der Waals surface area (Å²) in [7, 11) is 0. The number of hydrogen-bond acceptors (Lipinski definition) is 6. The van der Waals surface area contributed by atoms with Crippen LogP contribution in [0.15, 0.2) is 52.1 Å². The van der Waals surface area contributed by atoms with Crippen LogP contribution in [0.5, 0.6) is 0 Å². The van der Waals surface area contributed by atoms with E-state index in [0.717, 1.165) is 28.2 Å². The van der Waals surface area contributed by atoms with Crippen LogP contribution in [-0.4, -0.2) is 11.7 Å². The number of rotatable bonds is 2. The van der Waals surface area contributed by atoms with Gasteiger partial charge in [-0.1, -0.05) is 12.1 Å². The minimum Gasteiger partial charge on any atom is -0.516 e. The molecule has 0 saturated carbocycles. The van der Waals surface area contributed by atoms with Gasteiger partial charge in [-0.05, 0) is 18.2 Å². The predicted molar refractivity (Wildman–Crippen MR) is 67.6 cm³/mol. The number of hydrogen-bond donors (Lipinski definition) is 2. The van der Waals surface area contributed by atoms with Gasteiger partial charge in [0.05, 0.1) is 12.8 Å². The summed E-state index contributed by atoms with van der Waals surface area (Å²) in [6.07, 6.45) is 8.07. The van der Waals surface area contributed by atoms with Gasteiger partial charge in [0, 0.05) is 11.4 Å². The Hall–Kier alpha value is -2.63. The van der Waals surface area contributed by atoms with Crippen LogP contribution < -0.4 is 21.1 Å². The average Bonchev–Trinajstić information content (AvgIpc) is 2.65. The Morgan fingerprint density at radius 3 is 3.22 bits per heavy atom. The van der Waals surface area contributed by atoms with Gasteiger partial charge in [0.2, 0.25) is 0 Å². The molecule has 6 nitrogen and oxygen atoms in total. The van der Waals surface area contributed by atoms with Crippen LogP contribution in [0.3, 0.4) is 0 Å². The first kappa shape index (κ1) is 10.5. The Bertz CT molecular complexity index is 674. The van der Waals surface area contributed by atoms with Gasteiger partial charge >= 0.3 is 0 Å². The van der Waals surface area contributed by atoms with Gasteiger partial charge in [0.1, 0.15) is 16.7 Å². The first-order valence-corrected chi connectivity index (χ1v) is 5.51. The molecule has 6 heteroatoms. The third kappa shape index (κ3) is 1.64. The van der Waals surface area contributed by atoms with Gasteiger partial charge in [-0.15, -0.1) is 5.11 Å². The van der Waals surface area contributed by atoms with E-state index in [1.165, 1.54) is 0 Å². The van der Waals surface area contributed by atoms with E-state index in [4.69, 9.17) is 5.11 Å². The van der Waals surface area contributed by atoms with E-state index in [2.05, 4.69) is 20.9 Å². The quantitative estimate of drug-likeness (QED) is 0.759. The summed E-state index contributed by atoms with van der Waals surface area (Å²) < 4.78 is 0. The summed E-state index contributed by atoms with van der Waals surface area (Å²) in [5.41, 5.74) is 4.53. The fraction of sp³-hybridized carbons (Fsp3) is 0.0833. The molecule has 90 valence electrons. The van der Waals surface area contributed by atoms with Crippen LogP contribution in [0.4, 0.5) is 11.4 Å². The van der Waals surface area contributed by atoms with Crippen molar-refractivity contribution in [3.63, 3.8) is 0 Å². The monoisotopic (exact) mass is 241 g/mol. The van der Waals surface area contributed by atoms with Gasteiger partial charge < -0.3 is 5.11 Å². The number of hydrazine groups is 1. The van der Waals surface area contributed by atoms with Crippen LogP contribution in [0, 0.1) is 0 Å². The average molecular weight is 241 g/mol. The molecular weight excluding hydrogens is 230 g/mol. The number of aliphatic hydroxyl groups excluding tert-OH is 1. The molecule has 1 aromatic carbocycles. The highest BCUT2D eigenvalue weighted by Gasteiger charge is 2.18. The van der Waals surface area contributed by atoms with E-state index >= 15 is 0 Å². The summed E-state index contributed by atoms with van der Waals surface area (Å²) in [5.74, 6) is 0. The number of nitrogens with zero attached hydrogens (tertiary/aromatic N) is 4. The fourth-order valence-electron chi connectivity index (χ4n) is 1.91. The predicted octanol–water partition coefficient (Wildman–Crippen LogP) is 1.01. The highest BCUT2D eigenvalue weighted by atomic mass is 16.2. The molecular formula is C12H11N5O. The number of azo groups is 1. The van der Waals surface area contributed by atoms with Crippen molar-refractivity contribution in [3.05, 3.63) is 47.3 Å². The van der Waals surface area contributed by atoms with Crippen molar-refractivity contribution < 1.29 is 5.11 Å². The Morgan fingerprint density at radius 1 is 1.39 bits per heavy atom. The van der Waals surface area contributed by atoms with E-state index in [0.29, 0.717) is 6.54 Å². The maximum atomic E-state index is 8.73. The molecule has 2 aliphatic rings. The Labute approximate surface area is 103 Å². The summed E-state index contributed by atoms with van der Waals surface area (Å²) >= 11 is 0. The number of nitrogens with one attached hydrogen (secondary N) is 1. The van der Waals surface area contributed by atoms with E-state index in [9.17, 15) is 0 Å². The normalized spacial score (nSPS) is 15.7. The zero-order valence-corrected chi connectivity index (χ0v) is 9.48. The highest BCUT2D eigenvalue weighted by Crippen LogP contribution is 2.23. The largest absolute Gasteiger partial charge is 0.516 e. The lowest BCUT2D eigenvalue weighted by molar-refractivity contribution is 0.471. The zero-order chi connectivity index (χ0) is 12.4. The summed E-state index contributed by atoms with van der Waals surface area (Å²) in [6.45, 7) is 0.492. The second-order valence-electron chi connectivity index (χ2n) is 3.80. The minimum atomic E-state index is 0.492. The van der Waals surface area contributed by atoms with E-state index < -0.39 is 0 Å². The van der Waals surface area contributed by atoms with Crippen LogP contribution >= 0.6 is 0 Å². The summed E-state index contributed by atoms with van der Waals surface area (Å²) in [6, 6.07) is 3.88. The van der Waals surface area contributed by atoms with Crippen LogP contribution in [0.25, 0.3) is 6.08 Å². The smallest absolute Gasteiger partial charge is 0.120 e. The maximum Gasteiger partial charge on any atom is 0.120 e. The first-order valence-electron chi connectivity index (χ1n) is 5.51. The van der Waals surface area contributed by atoms with Crippen molar-refractivity contribution >= 4 is 17.5 Å². The number of aliphatic hydroxyl groups is 1. The van der Waals surface area contributed by atoms with Gasteiger partial charge in [0.15, 0.2) is 0 Å². The van der Waals surface area contributed by atoms with Gasteiger partial charge in [0.25, 0.3) is 0 Å². The van der Waals surface area contributed by atoms with Gasteiger partial charge in [-0.25, -0.2) is 5.53 Å². The van der Waals surface area contributed by atoms with E-state index in [-0.39, 0.29) is 0 Å². The molecule has 0 atom stereocenters. The Kier molecular flexibility index (Phi) is 2.53. The second kappa shape index (κ2) is 4.33. The lowest BCUT2D eigenvalue weighted by Crippen LogP contribution is -2.32. The number of allylic oxidation sites excluding steroid dienone is 1. The van der Waals surface area contributed by atoms with E-state index in [1.54, 1.807) is 17.3 Å². The van der Waals surface area contributed by atoms with Gasteiger partial charge in [-0.2, -0.15) is 10.2 Å². The van der Waals surface area contributed by atoms with Crippen molar-refractivity contribution in [2.45, 2.75) is 0 Å². The lowest BCUT2D eigenvalue weighted by Gasteiger charge is -2.17. The maximum absolute atomic E-state index is 8.73. The van der Waals surface area contributed by atoms with Crippen molar-refractivity contribution in [2.75, 3.05) is 11.6 Å². The topological polar surface area (TPSA) is 72.6 Å². The lowest BCUT2D eigenvalue weighted by atomic mass is 10.2. The molecule has 0 amide bonds. The molecule has 0 spiro atoms. The van der Waals surface area contributed by atoms with Crippen molar-refractivity contribution in [2.24, 2.45) is 15.3 Å². The molecule has 0 aromatic heterocycles. The van der Waals surface area contributed by atoms with Crippen molar-refractivity contribution in [3.8, 4) is 0 Å². The highest BCUT2D eigenvalue weighted by molar-refractivity contribution is 5.70. The molecule has 2 N–H and O–H groups in total.